The molecule has 1 spiro atoms. The molecule has 25 radical (unpaired) electrons. The van der Waals surface area contributed by atoms with Gasteiger partial charge in [0.1, 0.15) is 51.9 Å². The van der Waals surface area contributed by atoms with Crippen molar-refractivity contribution < 1.29 is 23.9 Å². The number of anilines is 1. The number of imide groups is 1. The van der Waals surface area contributed by atoms with E-state index in [-0.39, 0.29) is 34.2 Å². The minimum Gasteiger partial charge on any atom is -0.490 e. The molecule has 11 nitrogen and oxygen atoms in total. The molecule has 4 aliphatic rings. The summed E-state index contributed by atoms with van der Waals surface area (Å²) >= 11 is 0. The van der Waals surface area contributed by atoms with Gasteiger partial charge in [0, 0.05) is 48.0 Å². The minimum absolute atomic E-state index is 0.236. The number of fused-ring (bicyclic) bond motifs is 1. The van der Waals surface area contributed by atoms with Gasteiger partial charge in [-0.15, -0.1) is 0 Å². The number of carbonyl (C=O) groups excluding carboxylic acids is 3. The van der Waals surface area contributed by atoms with Crippen molar-refractivity contribution >= 4 is 23.4 Å². The number of hydrogen-bond acceptors (Lipinski definition) is 8. The largest absolute Gasteiger partial charge is 0.490 e. The highest BCUT2D eigenvalue weighted by Crippen LogP contribution is 2.53. The number of aromatic nitrogens is 1. The maximum absolute atomic E-state index is 13.1. The molecule has 0 atom stereocenters. The molecule has 2 aromatic carbocycles. The van der Waals surface area contributed by atoms with Gasteiger partial charge < -0.3 is 23.8 Å². The van der Waals surface area contributed by atoms with Crippen LogP contribution in [0.1, 0.15) is 32.7 Å². The van der Waals surface area contributed by atoms with Crippen LogP contribution in [0, 0.1) is 105 Å². The van der Waals surface area contributed by atoms with Crippen molar-refractivity contribution in [2.24, 2.45) is 5.41 Å². The molecule has 47 heavy (non-hydrogen) atoms. The molecule has 0 aliphatic carbocycles. The molecule has 0 N–H and O–H groups in total. The monoisotopic (exact) mass is 614 g/mol. The first kappa shape index (κ1) is 31.0. The summed E-state index contributed by atoms with van der Waals surface area (Å²) in [4.78, 5) is 52.6. The third-order valence-electron chi connectivity index (χ3n) is 7.42. The predicted molar refractivity (Wildman–Crippen MR) is 160 cm³/mol. The molecule has 3 amide bonds. The Labute approximate surface area is 274 Å². The second kappa shape index (κ2) is 11.6. The van der Waals surface area contributed by atoms with Gasteiger partial charge in [-0.1, -0.05) is 6.07 Å². The fourth-order valence-electron chi connectivity index (χ4n) is 5.08. The summed E-state index contributed by atoms with van der Waals surface area (Å²) in [5.74, 6) is -1.79. The molecule has 0 unspecified atom stereocenters. The fraction of sp³-hybridized carbons (Fsp3) is 0.0278. The van der Waals surface area contributed by atoms with E-state index in [0.717, 1.165) is 9.47 Å². The highest BCUT2D eigenvalue weighted by atomic mass is 16.5. The maximum Gasteiger partial charge on any atom is 0.278 e. The van der Waals surface area contributed by atoms with Crippen LogP contribution in [0.3, 0.4) is 0 Å². The number of amides is 3. The zero-order valence-electron chi connectivity index (χ0n) is 24.2. The number of hydrogen-bond donors (Lipinski definition) is 0. The van der Waals surface area contributed by atoms with Crippen molar-refractivity contribution in [3.05, 3.63) is 174 Å². The summed E-state index contributed by atoms with van der Waals surface area (Å²) in [5.41, 5.74) is 1.87. The average Bonchev–Trinajstić information content (AvgIpc) is 3.62. The van der Waals surface area contributed by atoms with Crippen molar-refractivity contribution in [3.63, 3.8) is 0 Å². The number of likely N-dealkylation sites (tertiary alicyclic amines) is 1. The van der Waals surface area contributed by atoms with E-state index in [1.807, 2.05) is 0 Å². The lowest BCUT2D eigenvalue weighted by Crippen LogP contribution is -2.46. The van der Waals surface area contributed by atoms with Crippen LogP contribution in [0.2, 0.25) is 0 Å². The predicted octanol–water partition coefficient (Wildman–Crippen LogP) is 2.51. The minimum atomic E-state index is -1.10. The first-order chi connectivity index (χ1) is 22.5. The SMILES string of the molecule is [CH2]Oc1cc(-c2cc([CH2])c(=O)n([CH2])c2[CH2])cc(O[CH2])c1[C]N1[C][C]C2([C]1)[C]N(c1ccc3c(c1)C(=O)N([C]1[C][C]C(=O)[N]C1=O)[C]3)[C]2. The van der Waals surface area contributed by atoms with Crippen molar-refractivity contribution in [3.8, 4) is 22.6 Å². The lowest BCUT2D eigenvalue weighted by molar-refractivity contribution is -0.130. The molecule has 11 heteroatoms. The van der Waals surface area contributed by atoms with E-state index in [9.17, 15) is 19.2 Å². The van der Waals surface area contributed by atoms with E-state index in [0.29, 0.717) is 33.6 Å². The maximum atomic E-state index is 13.1. The Hall–Kier alpha value is -4.64. The number of benzene rings is 2. The van der Waals surface area contributed by atoms with E-state index >= 15 is 0 Å². The Morgan fingerprint density at radius 3 is 2.30 bits per heavy atom. The van der Waals surface area contributed by atoms with Crippen molar-refractivity contribution in [1.82, 2.24) is 19.7 Å². The third kappa shape index (κ3) is 5.26. The molecular weight excluding hydrogens is 598 g/mol. The van der Waals surface area contributed by atoms with Gasteiger partial charge in [-0.3, -0.25) is 24.1 Å². The van der Waals surface area contributed by atoms with Crippen LogP contribution in [-0.4, -0.2) is 32.1 Å². The van der Waals surface area contributed by atoms with Crippen molar-refractivity contribution in [2.45, 2.75) is 0 Å². The molecule has 3 fully saturated rings. The van der Waals surface area contributed by atoms with E-state index in [1.165, 1.54) is 9.80 Å². The van der Waals surface area contributed by atoms with E-state index in [1.54, 1.807) is 36.4 Å². The van der Waals surface area contributed by atoms with Crippen LogP contribution in [0.4, 0.5) is 5.69 Å². The smallest absolute Gasteiger partial charge is 0.278 e. The Morgan fingerprint density at radius 1 is 0.894 bits per heavy atom. The molecule has 221 valence electrons. The molecule has 4 aliphatic heterocycles. The second-order valence-corrected chi connectivity index (χ2v) is 10.3. The van der Waals surface area contributed by atoms with Gasteiger partial charge in [0.2, 0.25) is 0 Å². The summed E-state index contributed by atoms with van der Waals surface area (Å²) in [5, 5.41) is 3.28. The summed E-state index contributed by atoms with van der Waals surface area (Å²) in [7, 11) is 10.8. The Bertz CT molecular complexity index is 1850. The van der Waals surface area contributed by atoms with Gasteiger partial charge in [0.15, 0.2) is 6.04 Å². The molecule has 3 saturated heterocycles. The van der Waals surface area contributed by atoms with Crippen LogP contribution in [0.5, 0.6) is 11.5 Å². The normalized spacial score (nSPS) is 19.3. The molecule has 3 aromatic rings. The van der Waals surface area contributed by atoms with Crippen molar-refractivity contribution in [1.29, 1.82) is 0 Å². The van der Waals surface area contributed by atoms with Crippen LogP contribution in [-0.2, 0) is 9.59 Å². The first-order valence-corrected chi connectivity index (χ1v) is 13.5. The van der Waals surface area contributed by atoms with Gasteiger partial charge in [0.05, 0.1) is 30.5 Å². The van der Waals surface area contributed by atoms with Crippen molar-refractivity contribution in [2.75, 3.05) is 4.90 Å². The van der Waals surface area contributed by atoms with E-state index in [2.05, 4.69) is 99.0 Å². The number of carbonyl (C=O) groups is 3. The number of ether oxygens (including phenoxy) is 2. The van der Waals surface area contributed by atoms with Gasteiger partial charge in [-0.05, 0) is 55.3 Å². The van der Waals surface area contributed by atoms with Gasteiger partial charge in [-0.2, -0.15) is 5.32 Å². The third-order valence-corrected chi connectivity index (χ3v) is 7.42. The van der Waals surface area contributed by atoms with E-state index < -0.39 is 23.1 Å². The molecule has 7 rings (SSSR count). The van der Waals surface area contributed by atoms with Crippen LogP contribution in [0.25, 0.3) is 11.1 Å². The first-order valence-electron chi connectivity index (χ1n) is 13.5. The molecule has 1 aromatic heterocycles. The highest BCUT2D eigenvalue weighted by molar-refractivity contribution is 6.14. The Morgan fingerprint density at radius 2 is 1.62 bits per heavy atom. The zero-order chi connectivity index (χ0) is 33.2. The Kier molecular flexibility index (Phi) is 7.62. The summed E-state index contributed by atoms with van der Waals surface area (Å²) < 4.78 is 11.9. The molecule has 0 bridgehead atoms. The summed E-state index contributed by atoms with van der Waals surface area (Å²) in [6.45, 7) is 25.9. The zero-order valence-corrected chi connectivity index (χ0v) is 24.2. The van der Waals surface area contributed by atoms with Gasteiger partial charge in [0.25, 0.3) is 23.3 Å². The number of nitrogens with zero attached hydrogens (tertiary/aromatic N) is 5. The second-order valence-electron chi connectivity index (χ2n) is 10.3. The van der Waals surface area contributed by atoms with Gasteiger partial charge in [-0.25, -0.2) is 0 Å². The fourth-order valence-corrected chi connectivity index (χ4v) is 5.08. The number of pyridine rings is 1. The van der Waals surface area contributed by atoms with Gasteiger partial charge >= 0.3 is 0 Å². The highest BCUT2D eigenvalue weighted by Gasteiger charge is 2.53. The standard InChI is InChI=1S/C36H16N5O6/c1-21-12-26(22(2)38(3)34(21)44)24-13-30(46-4)28(31(14-24)47-5)17-39-11-10-36(18-39)19-40(20-36)25-7-6-23-16-41(35(45)27(23)15-25)29-8-9-32(42)37-33(29)43/h6-7,12-15H,1-5H2. The quantitative estimate of drug-likeness (QED) is 0.373. The number of rotatable bonds is 7. The lowest BCUT2D eigenvalue weighted by Gasteiger charge is -2.45. The molecule has 0 saturated carbocycles. The number of piperidine rings is 1. The topological polar surface area (TPSA) is 115 Å². The summed E-state index contributed by atoms with van der Waals surface area (Å²) in [6, 6.07) is 9.64. The Balaban J connectivity index is 1.03. The molecular formula is C36H16N5O6. The lowest BCUT2D eigenvalue weighted by atomic mass is 9.78. The van der Waals surface area contributed by atoms with Crippen LogP contribution >= 0.6 is 0 Å². The van der Waals surface area contributed by atoms with E-state index in [4.69, 9.17) is 9.47 Å². The summed E-state index contributed by atoms with van der Waals surface area (Å²) in [6.07, 6.45) is 7.53. The van der Waals surface area contributed by atoms with Crippen LogP contribution < -0.4 is 25.2 Å². The average molecular weight is 615 g/mol. The molecule has 5 heterocycles. The van der Waals surface area contributed by atoms with Crippen LogP contribution in [0.15, 0.2) is 41.2 Å².